The van der Waals surface area contributed by atoms with E-state index in [4.69, 9.17) is 6.85 Å². The highest BCUT2D eigenvalue weighted by atomic mass is 14.7. The standard InChI is InChI=1S/C11H9N/c1-2-6-10(7-3-1)11-8-4-5-9-12-11/h1-9H/i1D,4D,5D,8D,9D. The van der Waals surface area contributed by atoms with Gasteiger partial charge in [-0.3, -0.25) is 4.98 Å². The molecule has 0 aliphatic carbocycles. The van der Waals surface area contributed by atoms with Crippen molar-refractivity contribution in [1.82, 2.24) is 4.98 Å². The Morgan fingerprint density at radius 2 is 1.92 bits per heavy atom. The van der Waals surface area contributed by atoms with Gasteiger partial charge in [-0.2, -0.15) is 0 Å². The van der Waals surface area contributed by atoms with E-state index in [1.54, 1.807) is 24.3 Å². The second kappa shape index (κ2) is 3.18. The zero-order valence-electron chi connectivity index (χ0n) is 11.3. The molecule has 2 rings (SSSR count). The van der Waals surface area contributed by atoms with Gasteiger partial charge in [0.25, 0.3) is 0 Å². The molecule has 0 fully saturated rings. The van der Waals surface area contributed by atoms with Crippen molar-refractivity contribution >= 4 is 0 Å². The Labute approximate surface area is 78.7 Å². The molecule has 0 aliphatic rings. The molecule has 0 saturated heterocycles. The minimum atomic E-state index is -0.337. The highest BCUT2D eigenvalue weighted by molar-refractivity contribution is 5.58. The summed E-state index contributed by atoms with van der Waals surface area (Å²) in [6, 6.07) is 5.89. The largest absolute Gasteiger partial charge is 0.256 e. The minimum Gasteiger partial charge on any atom is -0.256 e. The molecule has 0 N–H and O–H groups in total. The van der Waals surface area contributed by atoms with Crippen LogP contribution in [0.1, 0.15) is 6.85 Å². The summed E-state index contributed by atoms with van der Waals surface area (Å²) in [5, 5.41) is 0. The smallest absolute Gasteiger partial charge is 0.0840 e. The van der Waals surface area contributed by atoms with Crippen molar-refractivity contribution in [2.24, 2.45) is 0 Å². The first-order valence-electron chi connectivity index (χ1n) is 6.02. The summed E-state index contributed by atoms with van der Waals surface area (Å²) in [7, 11) is 0. The average molecular weight is 160 g/mol. The molecule has 0 amide bonds. The topological polar surface area (TPSA) is 12.9 Å². The van der Waals surface area contributed by atoms with Crippen LogP contribution in [-0.2, 0) is 0 Å². The maximum Gasteiger partial charge on any atom is 0.0840 e. The number of aromatic nitrogens is 1. The molecule has 0 bridgehead atoms. The van der Waals surface area contributed by atoms with E-state index in [9.17, 15) is 0 Å². The zero-order chi connectivity index (χ0) is 12.6. The third kappa shape index (κ3) is 1.35. The highest BCUT2D eigenvalue weighted by Gasteiger charge is 1.93. The summed E-state index contributed by atoms with van der Waals surface area (Å²) < 4.78 is 37.5. The van der Waals surface area contributed by atoms with Crippen molar-refractivity contribution in [2.45, 2.75) is 0 Å². The number of pyridine rings is 1. The van der Waals surface area contributed by atoms with Crippen LogP contribution in [0.25, 0.3) is 11.3 Å². The van der Waals surface area contributed by atoms with E-state index in [-0.39, 0.29) is 30.0 Å². The van der Waals surface area contributed by atoms with Crippen molar-refractivity contribution in [2.75, 3.05) is 0 Å². The maximum atomic E-state index is 7.72. The first-order valence-corrected chi connectivity index (χ1v) is 3.52. The van der Waals surface area contributed by atoms with Gasteiger partial charge in [-0.15, -0.1) is 0 Å². The summed E-state index contributed by atoms with van der Waals surface area (Å²) in [6.45, 7) is 0. The number of hydrogen-bond acceptors (Lipinski definition) is 1. The van der Waals surface area contributed by atoms with Crippen molar-refractivity contribution in [1.29, 1.82) is 0 Å². The highest BCUT2D eigenvalue weighted by Crippen LogP contribution is 2.14. The lowest BCUT2D eigenvalue weighted by Crippen LogP contribution is -1.79. The van der Waals surface area contributed by atoms with E-state index in [1.165, 1.54) is 0 Å². The fraction of sp³-hybridized carbons (Fsp3) is 0. The molecule has 12 heavy (non-hydrogen) atoms. The van der Waals surface area contributed by atoms with Gasteiger partial charge in [0.05, 0.1) is 12.5 Å². The molecule has 58 valence electrons. The van der Waals surface area contributed by atoms with Crippen LogP contribution in [-0.4, -0.2) is 4.98 Å². The number of hydrogen-bond donors (Lipinski definition) is 0. The van der Waals surface area contributed by atoms with Crippen molar-refractivity contribution in [3.63, 3.8) is 0 Å². The van der Waals surface area contributed by atoms with Crippen LogP contribution in [0.4, 0.5) is 0 Å². The van der Waals surface area contributed by atoms with E-state index in [1.807, 2.05) is 0 Å². The first-order chi connectivity index (χ1) is 8.00. The fourth-order valence-corrected chi connectivity index (χ4v) is 0.912. The van der Waals surface area contributed by atoms with Crippen LogP contribution in [0.2, 0.25) is 0 Å². The van der Waals surface area contributed by atoms with Gasteiger partial charge in [0.2, 0.25) is 0 Å². The van der Waals surface area contributed by atoms with E-state index in [0.717, 1.165) is 0 Å². The van der Waals surface area contributed by atoms with E-state index >= 15 is 0 Å². The quantitative estimate of drug-likeness (QED) is 0.625. The summed E-state index contributed by atoms with van der Waals surface area (Å²) in [5.74, 6) is 0. The van der Waals surface area contributed by atoms with Gasteiger partial charge in [-0.25, -0.2) is 0 Å². The van der Waals surface area contributed by atoms with Gasteiger partial charge in [0.15, 0.2) is 0 Å². The van der Waals surface area contributed by atoms with Crippen molar-refractivity contribution in [3.05, 3.63) is 54.6 Å². The predicted molar refractivity (Wildman–Crippen MR) is 49.7 cm³/mol. The van der Waals surface area contributed by atoms with Crippen LogP contribution in [0, 0.1) is 0 Å². The second-order valence-electron chi connectivity index (χ2n) is 2.24. The third-order valence-electron chi connectivity index (χ3n) is 1.46. The van der Waals surface area contributed by atoms with Crippen LogP contribution < -0.4 is 0 Å². The number of benzene rings is 1. The molecule has 1 nitrogen and oxygen atoms in total. The third-order valence-corrected chi connectivity index (χ3v) is 1.46. The summed E-state index contributed by atoms with van der Waals surface area (Å²) in [6.07, 6.45) is -0.309. The normalized spacial score (nSPS) is 15.5. The van der Waals surface area contributed by atoms with Gasteiger partial charge in [0, 0.05) is 11.7 Å². The maximum absolute atomic E-state index is 7.72. The molecule has 0 unspecified atom stereocenters. The van der Waals surface area contributed by atoms with Crippen LogP contribution in [0.15, 0.2) is 54.6 Å². The molecule has 0 spiro atoms. The van der Waals surface area contributed by atoms with Crippen molar-refractivity contribution in [3.8, 4) is 11.3 Å². The fourth-order valence-electron chi connectivity index (χ4n) is 0.912. The molecule has 0 aliphatic heterocycles. The second-order valence-corrected chi connectivity index (χ2v) is 2.24. The Bertz CT molecular complexity index is 565. The SMILES string of the molecule is [2H]c1ccc(-c2nc([2H])c([2H])c([2H])c2[2H])cc1. The number of nitrogens with zero attached hydrogens (tertiary/aromatic N) is 1. The van der Waals surface area contributed by atoms with Gasteiger partial charge in [-0.1, -0.05) is 36.4 Å². The Balaban J connectivity index is 2.64. The molecule has 0 saturated carbocycles. The molecule has 1 aromatic heterocycles. The summed E-state index contributed by atoms with van der Waals surface area (Å²) in [5.41, 5.74) is 0.781. The lowest BCUT2D eigenvalue weighted by atomic mass is 10.1. The van der Waals surface area contributed by atoms with Gasteiger partial charge < -0.3 is 0 Å². The Morgan fingerprint density at radius 1 is 1.08 bits per heavy atom. The molecular weight excluding hydrogens is 146 g/mol. The van der Waals surface area contributed by atoms with Gasteiger partial charge in [0.1, 0.15) is 0 Å². The summed E-state index contributed by atoms with van der Waals surface area (Å²) in [4.78, 5) is 3.84. The van der Waals surface area contributed by atoms with E-state index < -0.39 is 0 Å². The molecule has 1 aromatic carbocycles. The molecule has 0 atom stereocenters. The van der Waals surface area contributed by atoms with E-state index in [2.05, 4.69) is 4.98 Å². The predicted octanol–water partition coefficient (Wildman–Crippen LogP) is 2.75. The molecule has 1 heterocycles. The Morgan fingerprint density at radius 3 is 2.75 bits per heavy atom. The number of rotatable bonds is 1. The lowest BCUT2D eigenvalue weighted by molar-refractivity contribution is 1.33. The van der Waals surface area contributed by atoms with E-state index in [0.29, 0.717) is 11.6 Å². The van der Waals surface area contributed by atoms with Crippen LogP contribution >= 0.6 is 0 Å². The van der Waals surface area contributed by atoms with Gasteiger partial charge >= 0.3 is 0 Å². The summed E-state index contributed by atoms with van der Waals surface area (Å²) >= 11 is 0. The zero-order valence-corrected chi connectivity index (χ0v) is 6.26. The first kappa shape index (κ1) is 3.40. The minimum absolute atomic E-state index is 0.163. The Hall–Kier alpha value is -1.63. The van der Waals surface area contributed by atoms with Crippen LogP contribution in [0.5, 0.6) is 0 Å². The molecule has 0 radical (unpaired) electrons. The molecular formula is C11H9N. The molecule has 1 heteroatoms. The lowest BCUT2D eigenvalue weighted by Gasteiger charge is -1.97. The van der Waals surface area contributed by atoms with Crippen molar-refractivity contribution < 1.29 is 6.85 Å². The monoisotopic (exact) mass is 160 g/mol. The Kier molecular flexibility index (Phi) is 0.900. The van der Waals surface area contributed by atoms with Gasteiger partial charge in [-0.05, 0) is 12.1 Å². The van der Waals surface area contributed by atoms with Crippen LogP contribution in [0.3, 0.4) is 0 Å². The molecule has 2 aromatic rings. The average Bonchev–Trinajstić information content (AvgIpc) is 2.32.